The highest BCUT2D eigenvalue weighted by atomic mass is 32.2. The molecule has 2 rings (SSSR count). The third-order valence-electron chi connectivity index (χ3n) is 3.21. The van der Waals surface area contributed by atoms with Gasteiger partial charge in [0.05, 0.1) is 17.3 Å². The summed E-state index contributed by atoms with van der Waals surface area (Å²) in [7, 11) is -1.78. The Morgan fingerprint density at radius 2 is 1.92 bits per heavy atom. The molecule has 0 saturated carbocycles. The van der Waals surface area contributed by atoms with E-state index in [-0.39, 0.29) is 17.7 Å². The van der Waals surface area contributed by atoms with Crippen molar-refractivity contribution >= 4 is 30.8 Å². The van der Waals surface area contributed by atoms with Gasteiger partial charge in [-0.15, -0.1) is 0 Å². The van der Waals surface area contributed by atoms with E-state index in [1.807, 2.05) is 0 Å². The normalized spacial score (nSPS) is 11.6. The standard InChI is InChI=1S/C15H16BN3O5S/c20-13(9-25-15-17-5-2-6-18-15)19-12(16(23)24)8-10-3-1-4-11(7-10)14(21)22/h1-7,12,23-24H,8-9H2,(H,19,20)(H,21,22). The van der Waals surface area contributed by atoms with E-state index in [4.69, 9.17) is 5.11 Å². The first-order valence-electron chi connectivity index (χ1n) is 7.33. The fourth-order valence-corrected chi connectivity index (χ4v) is 2.67. The van der Waals surface area contributed by atoms with Crippen molar-refractivity contribution < 1.29 is 24.7 Å². The number of carbonyl (C=O) groups excluding carboxylic acids is 1. The van der Waals surface area contributed by atoms with E-state index in [0.717, 1.165) is 11.8 Å². The molecule has 1 amide bonds. The van der Waals surface area contributed by atoms with Gasteiger partial charge >= 0.3 is 13.1 Å². The Bertz CT molecular complexity index is 732. The van der Waals surface area contributed by atoms with Crippen molar-refractivity contribution in [3.63, 3.8) is 0 Å². The molecule has 2 aromatic rings. The number of amides is 1. The Balaban J connectivity index is 1.95. The van der Waals surface area contributed by atoms with Gasteiger partial charge in [0.15, 0.2) is 5.16 Å². The van der Waals surface area contributed by atoms with Crippen LogP contribution in [-0.4, -0.2) is 55.8 Å². The highest BCUT2D eigenvalue weighted by Gasteiger charge is 2.26. The Kier molecular flexibility index (Phi) is 6.93. The Morgan fingerprint density at radius 3 is 2.56 bits per heavy atom. The Morgan fingerprint density at radius 1 is 1.20 bits per heavy atom. The van der Waals surface area contributed by atoms with Gasteiger partial charge in [-0.2, -0.15) is 0 Å². The molecular formula is C15H16BN3O5S. The molecule has 1 atom stereocenters. The van der Waals surface area contributed by atoms with Crippen molar-refractivity contribution in [1.29, 1.82) is 0 Å². The predicted molar refractivity (Wildman–Crippen MR) is 92.0 cm³/mol. The minimum absolute atomic E-state index is 0.0163. The molecule has 4 N–H and O–H groups in total. The van der Waals surface area contributed by atoms with E-state index in [1.165, 1.54) is 12.1 Å². The zero-order chi connectivity index (χ0) is 18.2. The molecule has 1 aromatic heterocycles. The van der Waals surface area contributed by atoms with Crippen LogP contribution in [0.1, 0.15) is 15.9 Å². The van der Waals surface area contributed by atoms with Crippen LogP contribution in [0, 0.1) is 0 Å². The molecule has 130 valence electrons. The average molecular weight is 361 g/mol. The van der Waals surface area contributed by atoms with Crippen molar-refractivity contribution in [2.45, 2.75) is 17.5 Å². The zero-order valence-electron chi connectivity index (χ0n) is 13.1. The van der Waals surface area contributed by atoms with E-state index >= 15 is 0 Å². The summed E-state index contributed by atoms with van der Waals surface area (Å²) in [6, 6.07) is 7.74. The van der Waals surface area contributed by atoms with Gasteiger partial charge in [-0.05, 0) is 30.2 Å². The molecule has 0 saturated heterocycles. The molecule has 8 nitrogen and oxygen atoms in total. The molecule has 0 bridgehead atoms. The first-order chi connectivity index (χ1) is 12.0. The molecule has 0 fully saturated rings. The number of aromatic nitrogens is 2. The van der Waals surface area contributed by atoms with Gasteiger partial charge in [0.1, 0.15) is 0 Å². The van der Waals surface area contributed by atoms with E-state index in [2.05, 4.69) is 15.3 Å². The topological polar surface area (TPSA) is 133 Å². The number of nitrogens with one attached hydrogen (secondary N) is 1. The van der Waals surface area contributed by atoms with Gasteiger partial charge in [0.2, 0.25) is 5.91 Å². The van der Waals surface area contributed by atoms with Crippen LogP contribution in [0.4, 0.5) is 0 Å². The second kappa shape index (κ2) is 9.16. The van der Waals surface area contributed by atoms with Crippen LogP contribution in [0.5, 0.6) is 0 Å². The van der Waals surface area contributed by atoms with Crippen molar-refractivity contribution in [2.24, 2.45) is 0 Å². The molecule has 0 aliphatic carbocycles. The number of carboxylic acid groups (broad SMARTS) is 1. The van der Waals surface area contributed by atoms with E-state index in [1.54, 1.807) is 30.6 Å². The highest BCUT2D eigenvalue weighted by Crippen LogP contribution is 2.12. The lowest BCUT2D eigenvalue weighted by Gasteiger charge is -2.18. The molecule has 0 aliphatic heterocycles. The number of carbonyl (C=O) groups is 2. The summed E-state index contributed by atoms with van der Waals surface area (Å²) in [4.78, 5) is 30.9. The van der Waals surface area contributed by atoms with Crippen LogP contribution in [0.3, 0.4) is 0 Å². The molecule has 25 heavy (non-hydrogen) atoms. The number of thioether (sulfide) groups is 1. The van der Waals surface area contributed by atoms with Crippen molar-refractivity contribution in [3.8, 4) is 0 Å². The minimum Gasteiger partial charge on any atom is -0.478 e. The van der Waals surface area contributed by atoms with Gasteiger partial charge in [0, 0.05) is 12.4 Å². The summed E-state index contributed by atoms with van der Waals surface area (Å²) in [5, 5.41) is 30.9. The van der Waals surface area contributed by atoms with Crippen LogP contribution < -0.4 is 5.32 Å². The number of benzene rings is 1. The third-order valence-corrected chi connectivity index (χ3v) is 4.09. The van der Waals surface area contributed by atoms with Gasteiger partial charge in [-0.3, -0.25) is 4.79 Å². The summed E-state index contributed by atoms with van der Waals surface area (Å²) in [5.74, 6) is -2.44. The van der Waals surface area contributed by atoms with E-state index in [0.29, 0.717) is 10.7 Å². The first kappa shape index (κ1) is 18.9. The fourth-order valence-electron chi connectivity index (χ4n) is 2.05. The van der Waals surface area contributed by atoms with E-state index < -0.39 is 24.9 Å². The fraction of sp³-hybridized carbons (Fsp3) is 0.200. The second-order valence-corrected chi connectivity index (χ2v) is 6.06. The smallest absolute Gasteiger partial charge is 0.475 e. The molecule has 1 heterocycles. The number of rotatable bonds is 8. The zero-order valence-corrected chi connectivity index (χ0v) is 13.9. The third kappa shape index (κ3) is 6.18. The lowest BCUT2D eigenvalue weighted by molar-refractivity contribution is -0.118. The maximum absolute atomic E-state index is 12.0. The average Bonchev–Trinajstić information content (AvgIpc) is 2.60. The lowest BCUT2D eigenvalue weighted by Crippen LogP contribution is -2.48. The van der Waals surface area contributed by atoms with Crippen molar-refractivity contribution in [2.75, 3.05) is 5.75 Å². The lowest BCUT2D eigenvalue weighted by atomic mass is 9.76. The highest BCUT2D eigenvalue weighted by molar-refractivity contribution is 7.99. The summed E-state index contributed by atoms with van der Waals surface area (Å²) in [6.45, 7) is 0. The molecule has 0 radical (unpaired) electrons. The molecule has 1 unspecified atom stereocenters. The number of hydrogen-bond donors (Lipinski definition) is 4. The van der Waals surface area contributed by atoms with Gasteiger partial charge in [-0.25, -0.2) is 14.8 Å². The predicted octanol–water partition coefficient (Wildman–Crippen LogP) is 0.00640. The maximum atomic E-state index is 12.0. The van der Waals surface area contributed by atoms with Crippen molar-refractivity contribution in [1.82, 2.24) is 15.3 Å². The molecular weight excluding hydrogens is 345 g/mol. The summed E-state index contributed by atoms with van der Waals surface area (Å²) >= 11 is 1.12. The number of carboxylic acids is 1. The molecule has 0 aliphatic rings. The number of nitrogens with zero attached hydrogens (tertiary/aromatic N) is 2. The maximum Gasteiger partial charge on any atom is 0.475 e. The quantitative estimate of drug-likeness (QED) is 0.294. The molecule has 0 spiro atoms. The van der Waals surface area contributed by atoms with Crippen LogP contribution in [0.25, 0.3) is 0 Å². The summed E-state index contributed by atoms with van der Waals surface area (Å²) in [6.07, 6.45) is 3.20. The molecule has 10 heteroatoms. The Hall–Kier alpha value is -2.43. The van der Waals surface area contributed by atoms with Gasteiger partial charge in [0.25, 0.3) is 0 Å². The number of aromatic carboxylic acids is 1. The van der Waals surface area contributed by atoms with E-state index in [9.17, 15) is 19.6 Å². The molecule has 1 aromatic carbocycles. The van der Waals surface area contributed by atoms with Crippen LogP contribution in [0.15, 0.2) is 47.9 Å². The number of hydrogen-bond acceptors (Lipinski definition) is 7. The summed E-state index contributed by atoms with van der Waals surface area (Å²) < 4.78 is 0. The monoisotopic (exact) mass is 361 g/mol. The SMILES string of the molecule is O=C(CSc1ncccn1)NC(Cc1cccc(C(=O)O)c1)B(O)O. The first-order valence-corrected chi connectivity index (χ1v) is 8.32. The largest absolute Gasteiger partial charge is 0.478 e. The van der Waals surface area contributed by atoms with Crippen molar-refractivity contribution in [3.05, 3.63) is 53.9 Å². The van der Waals surface area contributed by atoms with Gasteiger partial charge < -0.3 is 20.5 Å². The van der Waals surface area contributed by atoms with Crippen LogP contribution >= 0.6 is 11.8 Å². The van der Waals surface area contributed by atoms with Crippen LogP contribution in [-0.2, 0) is 11.2 Å². The summed E-state index contributed by atoms with van der Waals surface area (Å²) in [5.41, 5.74) is 0.657. The Labute approximate surface area is 148 Å². The van der Waals surface area contributed by atoms with Crippen LogP contribution in [0.2, 0.25) is 0 Å². The minimum atomic E-state index is -1.78. The second-order valence-electron chi connectivity index (χ2n) is 5.12. The van der Waals surface area contributed by atoms with Gasteiger partial charge in [-0.1, -0.05) is 23.9 Å².